The number of piperidine rings is 3. The molecule has 0 spiro atoms. The van der Waals surface area contributed by atoms with E-state index in [1.54, 1.807) is 12.3 Å². The molecule has 6 heteroatoms. The molecule has 1 N–H and O–H groups in total. The van der Waals surface area contributed by atoms with Crippen LogP contribution in [0.5, 0.6) is 0 Å². The van der Waals surface area contributed by atoms with Crippen LogP contribution in [0, 0.1) is 5.92 Å². The van der Waals surface area contributed by atoms with Crippen molar-refractivity contribution >= 4 is 17.0 Å². The Bertz CT molecular complexity index is 660. The van der Waals surface area contributed by atoms with Gasteiger partial charge in [-0.3, -0.25) is 9.78 Å². The normalized spacial score (nSPS) is 27.9. The standard InChI is InChI=1S/C15H18N4O2/c20-15(18-13-8-19-3-1-10(13)2-4-19)6-11-5-14-12(7-16-11)17-9-21-14/h5,7,9-10,13H,1-4,6,8H2,(H,18,20)/t13-/m0/s1. The molecule has 1 atom stereocenters. The number of rotatable bonds is 3. The molecule has 5 rings (SSSR count). The van der Waals surface area contributed by atoms with Crippen LogP contribution in [-0.2, 0) is 11.2 Å². The highest BCUT2D eigenvalue weighted by Crippen LogP contribution is 2.27. The molecular formula is C15H18N4O2. The molecule has 0 aliphatic carbocycles. The number of pyridine rings is 1. The van der Waals surface area contributed by atoms with Crippen LogP contribution in [0.2, 0.25) is 0 Å². The lowest BCUT2D eigenvalue weighted by Gasteiger charge is -2.44. The van der Waals surface area contributed by atoms with Gasteiger partial charge in [-0.2, -0.15) is 0 Å². The molecule has 0 radical (unpaired) electrons. The number of aromatic nitrogens is 2. The number of oxazole rings is 1. The molecule has 110 valence electrons. The van der Waals surface area contributed by atoms with Crippen LogP contribution in [0.3, 0.4) is 0 Å². The second-order valence-corrected chi connectivity index (χ2v) is 5.98. The summed E-state index contributed by atoms with van der Waals surface area (Å²) in [5, 5.41) is 3.17. The van der Waals surface area contributed by atoms with E-state index in [1.807, 2.05) is 0 Å². The molecule has 21 heavy (non-hydrogen) atoms. The summed E-state index contributed by atoms with van der Waals surface area (Å²) in [5.41, 5.74) is 2.12. The Kier molecular flexibility index (Phi) is 3.11. The first-order valence-corrected chi connectivity index (χ1v) is 7.48. The molecule has 0 saturated carbocycles. The summed E-state index contributed by atoms with van der Waals surface area (Å²) < 4.78 is 5.24. The van der Waals surface area contributed by atoms with E-state index >= 15 is 0 Å². The Morgan fingerprint density at radius 3 is 3.00 bits per heavy atom. The van der Waals surface area contributed by atoms with E-state index in [0.717, 1.165) is 17.8 Å². The zero-order valence-electron chi connectivity index (χ0n) is 11.8. The Morgan fingerprint density at radius 2 is 2.24 bits per heavy atom. The number of hydrogen-bond donors (Lipinski definition) is 1. The summed E-state index contributed by atoms with van der Waals surface area (Å²) in [4.78, 5) is 22.9. The zero-order valence-corrected chi connectivity index (χ0v) is 11.8. The van der Waals surface area contributed by atoms with Gasteiger partial charge in [0.05, 0.1) is 18.3 Å². The lowest BCUT2D eigenvalue weighted by molar-refractivity contribution is -0.122. The summed E-state index contributed by atoms with van der Waals surface area (Å²) in [6.07, 6.45) is 5.74. The van der Waals surface area contributed by atoms with Crippen molar-refractivity contribution in [2.24, 2.45) is 5.92 Å². The molecule has 2 aromatic rings. The lowest BCUT2D eigenvalue weighted by Crippen LogP contribution is -2.57. The average molecular weight is 286 g/mol. The zero-order chi connectivity index (χ0) is 14.2. The van der Waals surface area contributed by atoms with Gasteiger partial charge in [-0.15, -0.1) is 0 Å². The third-order valence-corrected chi connectivity index (χ3v) is 4.62. The minimum absolute atomic E-state index is 0.0418. The van der Waals surface area contributed by atoms with Crippen molar-refractivity contribution in [2.45, 2.75) is 25.3 Å². The minimum atomic E-state index is 0.0418. The molecule has 3 fully saturated rings. The molecule has 3 aliphatic heterocycles. The summed E-state index contributed by atoms with van der Waals surface area (Å²) in [6.45, 7) is 3.35. The van der Waals surface area contributed by atoms with Crippen LogP contribution >= 0.6 is 0 Å². The molecule has 2 bridgehead atoms. The fourth-order valence-corrected chi connectivity index (χ4v) is 3.45. The Balaban J connectivity index is 1.41. The van der Waals surface area contributed by atoms with Crippen molar-refractivity contribution in [3.8, 4) is 0 Å². The predicted molar refractivity (Wildman–Crippen MR) is 76.6 cm³/mol. The van der Waals surface area contributed by atoms with Gasteiger partial charge < -0.3 is 14.6 Å². The van der Waals surface area contributed by atoms with Crippen LogP contribution in [0.1, 0.15) is 18.5 Å². The molecular weight excluding hydrogens is 268 g/mol. The lowest BCUT2D eigenvalue weighted by atomic mass is 9.84. The van der Waals surface area contributed by atoms with Gasteiger partial charge in [0.15, 0.2) is 12.0 Å². The fraction of sp³-hybridized carbons (Fsp3) is 0.533. The van der Waals surface area contributed by atoms with Gasteiger partial charge in [-0.05, 0) is 31.8 Å². The predicted octanol–water partition coefficient (Wildman–Crippen LogP) is 0.976. The van der Waals surface area contributed by atoms with Gasteiger partial charge in [0, 0.05) is 18.7 Å². The molecule has 2 aromatic heterocycles. The number of nitrogens with one attached hydrogen (secondary N) is 1. The SMILES string of the molecule is O=C(Cc1cc2ocnc2cn1)N[C@H]1CN2CCC1CC2. The highest BCUT2D eigenvalue weighted by molar-refractivity contribution is 5.80. The number of nitrogens with zero attached hydrogens (tertiary/aromatic N) is 3. The third-order valence-electron chi connectivity index (χ3n) is 4.62. The Labute approximate surface area is 122 Å². The second-order valence-electron chi connectivity index (χ2n) is 5.98. The number of fused-ring (bicyclic) bond motifs is 4. The highest BCUT2D eigenvalue weighted by Gasteiger charge is 2.34. The number of amides is 1. The average Bonchev–Trinajstić information content (AvgIpc) is 2.96. The molecule has 5 heterocycles. The van der Waals surface area contributed by atoms with Crippen LogP contribution in [-0.4, -0.2) is 46.5 Å². The molecule has 3 saturated heterocycles. The first-order chi connectivity index (χ1) is 10.3. The topological polar surface area (TPSA) is 71.3 Å². The Hall–Kier alpha value is -1.95. The van der Waals surface area contributed by atoms with Crippen molar-refractivity contribution in [1.29, 1.82) is 0 Å². The van der Waals surface area contributed by atoms with Crippen molar-refractivity contribution in [3.63, 3.8) is 0 Å². The summed E-state index contributed by atoms with van der Waals surface area (Å²) in [7, 11) is 0. The van der Waals surface area contributed by atoms with Crippen molar-refractivity contribution in [3.05, 3.63) is 24.4 Å². The van der Waals surface area contributed by atoms with Crippen LogP contribution in [0.25, 0.3) is 11.1 Å². The number of carbonyl (C=O) groups excluding carboxylic acids is 1. The summed E-state index contributed by atoms with van der Waals surface area (Å²) in [6, 6.07) is 2.09. The van der Waals surface area contributed by atoms with Gasteiger partial charge in [-0.1, -0.05) is 0 Å². The van der Waals surface area contributed by atoms with E-state index < -0.39 is 0 Å². The highest BCUT2D eigenvalue weighted by atomic mass is 16.3. The maximum atomic E-state index is 12.2. The molecule has 6 nitrogen and oxygen atoms in total. The van der Waals surface area contributed by atoms with E-state index in [2.05, 4.69) is 20.2 Å². The Morgan fingerprint density at radius 1 is 1.38 bits per heavy atom. The van der Waals surface area contributed by atoms with E-state index in [9.17, 15) is 4.79 Å². The van der Waals surface area contributed by atoms with E-state index in [-0.39, 0.29) is 5.91 Å². The number of carbonyl (C=O) groups is 1. The van der Waals surface area contributed by atoms with Crippen molar-refractivity contribution in [2.75, 3.05) is 19.6 Å². The van der Waals surface area contributed by atoms with Crippen LogP contribution in [0.4, 0.5) is 0 Å². The fourth-order valence-electron chi connectivity index (χ4n) is 3.45. The number of hydrogen-bond acceptors (Lipinski definition) is 5. The third kappa shape index (κ3) is 2.51. The van der Waals surface area contributed by atoms with Crippen LogP contribution in [0.15, 0.2) is 23.1 Å². The van der Waals surface area contributed by atoms with Crippen LogP contribution < -0.4 is 5.32 Å². The van der Waals surface area contributed by atoms with E-state index in [0.29, 0.717) is 24.0 Å². The van der Waals surface area contributed by atoms with E-state index in [1.165, 1.54) is 32.3 Å². The maximum Gasteiger partial charge on any atom is 0.226 e. The van der Waals surface area contributed by atoms with Gasteiger partial charge in [0.2, 0.25) is 5.91 Å². The second kappa shape index (κ2) is 5.11. The molecule has 0 aromatic carbocycles. The van der Waals surface area contributed by atoms with Crippen molar-refractivity contribution < 1.29 is 9.21 Å². The summed E-state index contributed by atoms with van der Waals surface area (Å²) in [5.74, 6) is 0.684. The first-order valence-electron chi connectivity index (χ1n) is 7.48. The molecule has 0 unspecified atom stereocenters. The minimum Gasteiger partial charge on any atom is -0.443 e. The van der Waals surface area contributed by atoms with Gasteiger partial charge in [0.1, 0.15) is 5.52 Å². The summed E-state index contributed by atoms with van der Waals surface area (Å²) >= 11 is 0. The molecule has 1 amide bonds. The smallest absolute Gasteiger partial charge is 0.226 e. The monoisotopic (exact) mass is 286 g/mol. The van der Waals surface area contributed by atoms with Gasteiger partial charge >= 0.3 is 0 Å². The quantitative estimate of drug-likeness (QED) is 0.910. The maximum absolute atomic E-state index is 12.2. The van der Waals surface area contributed by atoms with E-state index in [4.69, 9.17) is 4.42 Å². The van der Waals surface area contributed by atoms with Gasteiger partial charge in [0.25, 0.3) is 0 Å². The largest absolute Gasteiger partial charge is 0.443 e. The molecule has 3 aliphatic rings. The van der Waals surface area contributed by atoms with Gasteiger partial charge in [-0.25, -0.2) is 4.98 Å². The first kappa shape index (κ1) is 12.8. The van der Waals surface area contributed by atoms with Crippen molar-refractivity contribution in [1.82, 2.24) is 20.2 Å².